The van der Waals surface area contributed by atoms with Crippen molar-refractivity contribution in [2.24, 2.45) is 0 Å². The Kier molecular flexibility index (Phi) is 9.57. The molecule has 0 fully saturated rings. The second kappa shape index (κ2) is 16.1. The number of fused-ring (bicyclic) bond motifs is 3. The van der Waals surface area contributed by atoms with Gasteiger partial charge in [-0.1, -0.05) is 218 Å². The number of para-hydroxylation sites is 3. The molecule has 1 aromatic heterocycles. The van der Waals surface area contributed by atoms with Gasteiger partial charge < -0.3 is 9.47 Å². The Balaban J connectivity index is 1.19. The molecule has 2 nitrogen and oxygen atoms in total. The highest BCUT2D eigenvalue weighted by atomic mass is 15.1. The molecule has 0 atom stereocenters. The molecule has 0 N–H and O–H groups in total. The Morgan fingerprint density at radius 2 is 0.694 bits per heavy atom. The summed E-state index contributed by atoms with van der Waals surface area (Å²) in [5.41, 5.74) is 18.5. The number of benzene rings is 10. The van der Waals surface area contributed by atoms with Gasteiger partial charge in [0.15, 0.2) is 0 Å². The minimum Gasteiger partial charge on any atom is -0.309 e. The predicted octanol–water partition coefficient (Wildman–Crippen LogP) is 16.6. The molecule has 0 aliphatic heterocycles. The van der Waals surface area contributed by atoms with E-state index in [0.29, 0.717) is 0 Å². The molecule has 10 aromatic carbocycles. The molecule has 2 heteroatoms. The van der Waals surface area contributed by atoms with E-state index in [1.807, 2.05) is 0 Å². The second-order valence-electron chi connectivity index (χ2n) is 15.7. The normalized spacial score (nSPS) is 11.2. The van der Waals surface area contributed by atoms with Crippen LogP contribution < -0.4 is 4.90 Å². The molecule has 0 saturated heterocycles. The van der Waals surface area contributed by atoms with Crippen LogP contribution in [0.5, 0.6) is 0 Å². The number of anilines is 3. The predicted molar refractivity (Wildman–Crippen MR) is 263 cm³/mol. The van der Waals surface area contributed by atoms with Crippen molar-refractivity contribution in [3.8, 4) is 61.3 Å². The minimum atomic E-state index is 1.07. The highest BCUT2D eigenvalue weighted by Crippen LogP contribution is 2.48. The van der Waals surface area contributed by atoms with Crippen LogP contribution in [0.1, 0.15) is 0 Å². The number of hydrogen-bond acceptors (Lipinski definition) is 1. The minimum absolute atomic E-state index is 1.07. The first-order chi connectivity index (χ1) is 30.8. The molecule has 0 saturated carbocycles. The van der Waals surface area contributed by atoms with E-state index in [2.05, 4.69) is 264 Å². The highest BCUT2D eigenvalue weighted by molar-refractivity contribution is 6.11. The number of aromatic nitrogens is 1. The Morgan fingerprint density at radius 1 is 0.258 bits per heavy atom. The van der Waals surface area contributed by atoms with Gasteiger partial charge in [0.1, 0.15) is 0 Å². The molecule has 0 aliphatic rings. The van der Waals surface area contributed by atoms with Gasteiger partial charge in [-0.05, 0) is 75.3 Å². The van der Waals surface area contributed by atoms with Crippen LogP contribution in [-0.4, -0.2) is 4.57 Å². The van der Waals surface area contributed by atoms with Crippen molar-refractivity contribution >= 4 is 38.9 Å². The monoisotopic (exact) mass is 790 g/mol. The zero-order valence-electron chi connectivity index (χ0n) is 34.1. The molecule has 0 unspecified atom stereocenters. The van der Waals surface area contributed by atoms with Crippen molar-refractivity contribution in [3.05, 3.63) is 255 Å². The summed E-state index contributed by atoms with van der Waals surface area (Å²) in [5.74, 6) is 0. The summed E-state index contributed by atoms with van der Waals surface area (Å²) in [6.45, 7) is 0. The van der Waals surface area contributed by atoms with Crippen LogP contribution in [0, 0.1) is 0 Å². The Morgan fingerprint density at radius 3 is 1.32 bits per heavy atom. The van der Waals surface area contributed by atoms with Gasteiger partial charge >= 0.3 is 0 Å². The molecule has 0 aliphatic carbocycles. The molecule has 0 spiro atoms. The maximum atomic E-state index is 2.48. The molecule has 11 aromatic rings. The van der Waals surface area contributed by atoms with Gasteiger partial charge in [0.2, 0.25) is 0 Å². The van der Waals surface area contributed by atoms with Gasteiger partial charge in [0.05, 0.1) is 22.4 Å². The lowest BCUT2D eigenvalue weighted by Gasteiger charge is -2.31. The van der Waals surface area contributed by atoms with Crippen molar-refractivity contribution in [2.75, 3.05) is 4.90 Å². The first-order valence-electron chi connectivity index (χ1n) is 21.3. The first kappa shape index (κ1) is 36.8. The topological polar surface area (TPSA) is 8.17 Å². The maximum Gasteiger partial charge on any atom is 0.0618 e. The van der Waals surface area contributed by atoms with Crippen molar-refractivity contribution < 1.29 is 0 Å². The summed E-state index contributed by atoms with van der Waals surface area (Å²) in [5, 5.41) is 2.42. The summed E-state index contributed by atoms with van der Waals surface area (Å²) in [4.78, 5) is 2.47. The zero-order chi connectivity index (χ0) is 41.2. The summed E-state index contributed by atoms with van der Waals surface area (Å²) in [7, 11) is 0. The standard InChI is InChI=1S/C60H42N2/c1-5-20-43(21-6-1)44-36-38-48(39-37-44)61(60-51(46-24-9-3-10-25-46)32-19-33-52(60)47-26-11-4-12-27-47)49-40-41-56-55-31-16-18-35-58(55)62(59(56)42-49)57-34-17-15-30-54(57)53-29-14-13-28-50(53)45-22-7-2-8-23-45/h1-42H. The van der Waals surface area contributed by atoms with E-state index in [4.69, 9.17) is 0 Å². The van der Waals surface area contributed by atoms with Crippen molar-refractivity contribution in [3.63, 3.8) is 0 Å². The highest BCUT2D eigenvalue weighted by Gasteiger charge is 2.24. The summed E-state index contributed by atoms with van der Waals surface area (Å²) < 4.78 is 2.48. The van der Waals surface area contributed by atoms with Gasteiger partial charge in [-0.3, -0.25) is 0 Å². The summed E-state index contributed by atoms with van der Waals surface area (Å²) in [6.07, 6.45) is 0. The van der Waals surface area contributed by atoms with E-state index in [-0.39, 0.29) is 0 Å². The van der Waals surface area contributed by atoms with E-state index in [0.717, 1.165) is 56.0 Å². The van der Waals surface area contributed by atoms with Crippen LogP contribution >= 0.6 is 0 Å². The van der Waals surface area contributed by atoms with E-state index in [1.165, 1.54) is 44.2 Å². The lowest BCUT2D eigenvalue weighted by atomic mass is 9.93. The number of hydrogen-bond donors (Lipinski definition) is 0. The van der Waals surface area contributed by atoms with Crippen LogP contribution in [0.2, 0.25) is 0 Å². The van der Waals surface area contributed by atoms with Gasteiger partial charge in [-0.2, -0.15) is 0 Å². The number of nitrogens with zero attached hydrogens (tertiary/aromatic N) is 2. The molecule has 292 valence electrons. The van der Waals surface area contributed by atoms with Crippen LogP contribution in [0.4, 0.5) is 17.1 Å². The molecule has 1 heterocycles. The Hall–Kier alpha value is -8.20. The molecule has 62 heavy (non-hydrogen) atoms. The SMILES string of the molecule is c1ccc(-c2ccc(N(c3ccc4c5ccccc5n(-c5ccccc5-c5ccccc5-c5ccccc5)c4c3)c3c(-c4ccccc4)cccc3-c3ccccc3)cc2)cc1. The molecule has 0 radical (unpaired) electrons. The third-order valence-corrected chi connectivity index (χ3v) is 12.0. The van der Waals surface area contributed by atoms with E-state index >= 15 is 0 Å². The fraction of sp³-hybridized carbons (Fsp3) is 0. The average molecular weight is 791 g/mol. The largest absolute Gasteiger partial charge is 0.309 e. The molecule has 11 rings (SSSR count). The van der Waals surface area contributed by atoms with Crippen LogP contribution in [0.25, 0.3) is 83.1 Å². The number of rotatable bonds is 9. The Bertz CT molecular complexity index is 3260. The lowest BCUT2D eigenvalue weighted by molar-refractivity contribution is 1.18. The molecule has 0 bridgehead atoms. The van der Waals surface area contributed by atoms with Gasteiger partial charge in [-0.25, -0.2) is 0 Å². The lowest BCUT2D eigenvalue weighted by Crippen LogP contribution is -2.13. The third kappa shape index (κ3) is 6.65. The molecule has 0 amide bonds. The maximum absolute atomic E-state index is 2.48. The van der Waals surface area contributed by atoms with E-state index in [1.54, 1.807) is 0 Å². The van der Waals surface area contributed by atoms with Crippen molar-refractivity contribution in [1.82, 2.24) is 4.57 Å². The first-order valence-corrected chi connectivity index (χ1v) is 21.3. The second-order valence-corrected chi connectivity index (χ2v) is 15.7. The fourth-order valence-electron chi connectivity index (χ4n) is 9.17. The third-order valence-electron chi connectivity index (χ3n) is 12.0. The van der Waals surface area contributed by atoms with Crippen molar-refractivity contribution in [2.45, 2.75) is 0 Å². The van der Waals surface area contributed by atoms with Crippen molar-refractivity contribution in [1.29, 1.82) is 0 Å². The molecular weight excluding hydrogens is 749 g/mol. The fourth-order valence-corrected chi connectivity index (χ4v) is 9.17. The average Bonchev–Trinajstić information content (AvgIpc) is 3.69. The quantitative estimate of drug-likeness (QED) is 0.141. The van der Waals surface area contributed by atoms with Crippen LogP contribution in [0.3, 0.4) is 0 Å². The van der Waals surface area contributed by atoms with E-state index < -0.39 is 0 Å². The van der Waals surface area contributed by atoms with Crippen LogP contribution in [0.15, 0.2) is 255 Å². The van der Waals surface area contributed by atoms with Crippen LogP contribution in [-0.2, 0) is 0 Å². The van der Waals surface area contributed by atoms with E-state index in [9.17, 15) is 0 Å². The summed E-state index contributed by atoms with van der Waals surface area (Å²) >= 11 is 0. The summed E-state index contributed by atoms with van der Waals surface area (Å²) in [6, 6.07) is 92.2. The van der Waals surface area contributed by atoms with Gasteiger partial charge in [-0.15, -0.1) is 0 Å². The van der Waals surface area contributed by atoms with Gasteiger partial charge in [0, 0.05) is 38.8 Å². The molecular formula is C60H42N2. The zero-order valence-corrected chi connectivity index (χ0v) is 34.1. The smallest absolute Gasteiger partial charge is 0.0618 e. The Labute approximate surface area is 362 Å². The van der Waals surface area contributed by atoms with Gasteiger partial charge in [0.25, 0.3) is 0 Å².